The van der Waals surface area contributed by atoms with Gasteiger partial charge in [0.15, 0.2) is 0 Å². The Hall–Kier alpha value is -2.09. The summed E-state index contributed by atoms with van der Waals surface area (Å²) < 4.78 is 4.80. The fraction of sp³-hybridized carbons (Fsp3) is 0.133. The van der Waals surface area contributed by atoms with Gasteiger partial charge in [-0.15, -0.1) is 0 Å². The normalized spacial score (nSPS) is 11.5. The fourth-order valence-corrected chi connectivity index (χ4v) is 1.95. The van der Waals surface area contributed by atoms with E-state index in [-0.39, 0.29) is 5.97 Å². The molecule has 0 atom stereocenters. The zero-order valence-corrected chi connectivity index (χ0v) is 9.94. The third-order valence-corrected chi connectivity index (χ3v) is 2.77. The van der Waals surface area contributed by atoms with Crippen LogP contribution < -0.4 is 0 Å². The molecule has 2 nitrogen and oxygen atoms in total. The summed E-state index contributed by atoms with van der Waals surface area (Å²) in [5.41, 5.74) is 1.52. The van der Waals surface area contributed by atoms with Gasteiger partial charge in [-0.2, -0.15) is 0 Å². The maximum atomic E-state index is 11.7. The lowest BCUT2D eigenvalue weighted by Crippen LogP contribution is -2.04. The maximum Gasteiger partial charge on any atom is 0.338 e. The molecule has 0 aliphatic rings. The monoisotopic (exact) mass is 226 g/mol. The van der Waals surface area contributed by atoms with Crippen LogP contribution in [0.1, 0.15) is 12.5 Å². The molecule has 2 heteroatoms. The third kappa shape index (κ3) is 2.07. The van der Waals surface area contributed by atoms with Crippen LogP contribution in [-0.2, 0) is 9.53 Å². The van der Waals surface area contributed by atoms with Crippen molar-refractivity contribution in [3.63, 3.8) is 0 Å². The van der Waals surface area contributed by atoms with E-state index in [1.165, 1.54) is 7.11 Å². The van der Waals surface area contributed by atoms with E-state index < -0.39 is 0 Å². The van der Waals surface area contributed by atoms with Gasteiger partial charge in [0.25, 0.3) is 0 Å². The molecule has 0 unspecified atom stereocenters. The molecule has 0 bridgehead atoms. The highest BCUT2D eigenvalue weighted by atomic mass is 16.5. The van der Waals surface area contributed by atoms with Gasteiger partial charge < -0.3 is 4.74 Å². The van der Waals surface area contributed by atoms with Crippen LogP contribution in [0.25, 0.3) is 16.3 Å². The average molecular weight is 226 g/mol. The number of hydrogen-bond acceptors (Lipinski definition) is 2. The summed E-state index contributed by atoms with van der Waals surface area (Å²) in [6, 6.07) is 13.9. The summed E-state index contributed by atoms with van der Waals surface area (Å²) in [6.45, 7) is 1.84. The number of fused-ring (bicyclic) bond motifs is 1. The predicted molar refractivity (Wildman–Crippen MR) is 69.6 cm³/mol. The second kappa shape index (κ2) is 4.83. The molecule has 0 aliphatic heterocycles. The van der Waals surface area contributed by atoms with Gasteiger partial charge in [0.1, 0.15) is 0 Å². The molecule has 0 N–H and O–H groups in total. The van der Waals surface area contributed by atoms with Crippen molar-refractivity contribution in [2.24, 2.45) is 0 Å². The van der Waals surface area contributed by atoms with Crippen LogP contribution in [-0.4, -0.2) is 13.1 Å². The summed E-state index contributed by atoms with van der Waals surface area (Å²) >= 11 is 0. The number of allylic oxidation sites excluding steroid dienone is 1. The molecule has 2 rings (SSSR count). The topological polar surface area (TPSA) is 26.3 Å². The van der Waals surface area contributed by atoms with E-state index in [1.54, 1.807) is 6.08 Å². The fourth-order valence-electron chi connectivity index (χ4n) is 1.95. The van der Waals surface area contributed by atoms with Crippen molar-refractivity contribution in [2.75, 3.05) is 7.11 Å². The van der Waals surface area contributed by atoms with Crippen LogP contribution in [0.3, 0.4) is 0 Å². The molecule has 17 heavy (non-hydrogen) atoms. The Labute approximate surface area is 101 Å². The number of benzene rings is 2. The molecular weight excluding hydrogens is 212 g/mol. The molecule has 0 aromatic heterocycles. The Morgan fingerprint density at radius 2 is 1.82 bits per heavy atom. The minimum Gasteiger partial charge on any atom is -0.465 e. The maximum absolute atomic E-state index is 11.7. The van der Waals surface area contributed by atoms with E-state index in [0.717, 1.165) is 16.3 Å². The summed E-state index contributed by atoms with van der Waals surface area (Å²) in [6.07, 6.45) is 1.79. The molecule has 86 valence electrons. The molecule has 0 heterocycles. The van der Waals surface area contributed by atoms with Crippen LogP contribution in [0, 0.1) is 0 Å². The van der Waals surface area contributed by atoms with Gasteiger partial charge >= 0.3 is 5.97 Å². The number of rotatable bonds is 2. The van der Waals surface area contributed by atoms with Crippen LogP contribution in [0.15, 0.2) is 48.5 Å². The molecule has 0 amide bonds. The lowest BCUT2D eigenvalue weighted by molar-refractivity contribution is -0.133. The minimum absolute atomic E-state index is 0.302. The lowest BCUT2D eigenvalue weighted by atomic mass is 9.98. The largest absolute Gasteiger partial charge is 0.465 e. The average Bonchev–Trinajstić information content (AvgIpc) is 2.39. The molecular formula is C15H14O2. The standard InChI is InChI=1S/C15H14O2/c1-3-12(15(16)17-2)14-10-6-8-11-7-4-5-9-13(11)14/h3-10H,1-2H3. The van der Waals surface area contributed by atoms with Gasteiger partial charge in [0, 0.05) is 0 Å². The number of methoxy groups -OCH3 is 1. The summed E-state index contributed by atoms with van der Waals surface area (Å²) in [5.74, 6) is -0.302. The summed E-state index contributed by atoms with van der Waals surface area (Å²) in [4.78, 5) is 11.7. The molecule has 0 fully saturated rings. The first-order valence-corrected chi connectivity index (χ1v) is 5.50. The first-order chi connectivity index (χ1) is 8.27. The van der Waals surface area contributed by atoms with Crippen molar-refractivity contribution in [1.29, 1.82) is 0 Å². The van der Waals surface area contributed by atoms with Crippen molar-refractivity contribution in [3.8, 4) is 0 Å². The third-order valence-electron chi connectivity index (χ3n) is 2.77. The number of carbonyl (C=O) groups is 1. The minimum atomic E-state index is -0.302. The van der Waals surface area contributed by atoms with Gasteiger partial charge in [-0.05, 0) is 23.3 Å². The molecule has 2 aromatic rings. The van der Waals surface area contributed by atoms with Crippen molar-refractivity contribution >= 4 is 22.3 Å². The van der Waals surface area contributed by atoms with Gasteiger partial charge in [0.2, 0.25) is 0 Å². The van der Waals surface area contributed by atoms with Crippen molar-refractivity contribution in [1.82, 2.24) is 0 Å². The summed E-state index contributed by atoms with van der Waals surface area (Å²) in [7, 11) is 1.40. The highest BCUT2D eigenvalue weighted by Crippen LogP contribution is 2.25. The van der Waals surface area contributed by atoms with Crippen LogP contribution in [0.5, 0.6) is 0 Å². The van der Waals surface area contributed by atoms with E-state index in [0.29, 0.717) is 5.57 Å². The first kappa shape index (κ1) is 11.4. The summed E-state index contributed by atoms with van der Waals surface area (Å²) in [5, 5.41) is 2.18. The predicted octanol–water partition coefficient (Wildman–Crippen LogP) is 3.42. The van der Waals surface area contributed by atoms with Gasteiger partial charge in [-0.1, -0.05) is 48.5 Å². The zero-order valence-electron chi connectivity index (χ0n) is 9.94. The van der Waals surface area contributed by atoms with Gasteiger partial charge in [0.05, 0.1) is 12.7 Å². The Bertz CT molecular complexity index is 577. The lowest BCUT2D eigenvalue weighted by Gasteiger charge is -2.08. The highest BCUT2D eigenvalue weighted by Gasteiger charge is 2.13. The molecule has 2 aromatic carbocycles. The Kier molecular flexibility index (Phi) is 3.24. The van der Waals surface area contributed by atoms with E-state index in [4.69, 9.17) is 4.74 Å². The molecule has 0 spiro atoms. The van der Waals surface area contributed by atoms with E-state index in [1.807, 2.05) is 49.4 Å². The number of carbonyl (C=O) groups excluding carboxylic acids is 1. The molecule has 0 radical (unpaired) electrons. The zero-order chi connectivity index (χ0) is 12.3. The first-order valence-electron chi connectivity index (χ1n) is 5.50. The Morgan fingerprint density at radius 3 is 2.53 bits per heavy atom. The Morgan fingerprint density at radius 1 is 1.12 bits per heavy atom. The number of hydrogen-bond donors (Lipinski definition) is 0. The van der Waals surface area contributed by atoms with E-state index in [9.17, 15) is 4.79 Å². The molecule has 0 aliphatic carbocycles. The van der Waals surface area contributed by atoms with E-state index in [2.05, 4.69) is 0 Å². The SMILES string of the molecule is CC=C(C(=O)OC)c1cccc2ccccc12. The van der Waals surface area contributed by atoms with Crippen LogP contribution in [0.2, 0.25) is 0 Å². The molecule has 0 saturated heterocycles. The second-order valence-electron chi connectivity index (χ2n) is 3.72. The van der Waals surface area contributed by atoms with Crippen molar-refractivity contribution in [3.05, 3.63) is 54.1 Å². The van der Waals surface area contributed by atoms with Crippen molar-refractivity contribution in [2.45, 2.75) is 6.92 Å². The second-order valence-corrected chi connectivity index (χ2v) is 3.72. The van der Waals surface area contributed by atoms with Gasteiger partial charge in [-0.3, -0.25) is 0 Å². The van der Waals surface area contributed by atoms with Crippen LogP contribution in [0.4, 0.5) is 0 Å². The quantitative estimate of drug-likeness (QED) is 0.579. The number of esters is 1. The number of ether oxygens (including phenoxy) is 1. The molecule has 0 saturated carbocycles. The van der Waals surface area contributed by atoms with Crippen LogP contribution >= 0.6 is 0 Å². The van der Waals surface area contributed by atoms with Gasteiger partial charge in [-0.25, -0.2) is 4.79 Å². The Balaban J connectivity index is 2.66. The highest BCUT2D eigenvalue weighted by molar-refractivity contribution is 6.20. The van der Waals surface area contributed by atoms with Crippen molar-refractivity contribution < 1.29 is 9.53 Å². The van der Waals surface area contributed by atoms with E-state index >= 15 is 0 Å². The smallest absolute Gasteiger partial charge is 0.338 e.